The Kier molecular flexibility index (Phi) is 2.35. The molecule has 0 aliphatic rings. The SMILES string of the molecule is O=Cc1cc(O)ccc1S(=O)(=O)O. The van der Waals surface area contributed by atoms with Crippen LogP contribution in [0.5, 0.6) is 5.75 Å². The van der Waals surface area contributed by atoms with Crippen LogP contribution in [-0.4, -0.2) is 24.4 Å². The van der Waals surface area contributed by atoms with E-state index in [-0.39, 0.29) is 17.6 Å². The smallest absolute Gasteiger partial charge is 0.295 e. The van der Waals surface area contributed by atoms with E-state index < -0.39 is 15.0 Å². The highest BCUT2D eigenvalue weighted by molar-refractivity contribution is 7.86. The first-order valence-corrected chi connectivity index (χ1v) is 4.65. The average molecular weight is 202 g/mol. The maximum Gasteiger partial charge on any atom is 0.295 e. The van der Waals surface area contributed by atoms with Crippen LogP contribution in [-0.2, 0) is 10.1 Å². The summed E-state index contributed by atoms with van der Waals surface area (Å²) in [6.07, 6.45) is 0.239. The third kappa shape index (κ3) is 2.04. The fourth-order valence-electron chi connectivity index (χ4n) is 0.863. The maximum atomic E-state index is 10.6. The van der Waals surface area contributed by atoms with E-state index >= 15 is 0 Å². The zero-order chi connectivity index (χ0) is 10.1. The van der Waals surface area contributed by atoms with E-state index in [2.05, 4.69) is 0 Å². The van der Waals surface area contributed by atoms with Crippen molar-refractivity contribution in [1.29, 1.82) is 0 Å². The molecular weight excluding hydrogens is 196 g/mol. The van der Waals surface area contributed by atoms with Crippen LogP contribution in [0.1, 0.15) is 10.4 Å². The van der Waals surface area contributed by atoms with Gasteiger partial charge in [0.25, 0.3) is 10.1 Å². The number of phenols is 1. The quantitative estimate of drug-likeness (QED) is 0.536. The molecule has 1 aromatic carbocycles. The van der Waals surface area contributed by atoms with Crippen molar-refractivity contribution in [3.8, 4) is 5.75 Å². The minimum atomic E-state index is -4.40. The zero-order valence-electron chi connectivity index (χ0n) is 6.34. The van der Waals surface area contributed by atoms with E-state index in [9.17, 15) is 13.2 Å². The fourth-order valence-corrected chi connectivity index (χ4v) is 1.51. The van der Waals surface area contributed by atoms with Gasteiger partial charge in [-0.05, 0) is 18.2 Å². The summed E-state index contributed by atoms with van der Waals surface area (Å²) < 4.78 is 29.9. The Balaban J connectivity index is 3.47. The van der Waals surface area contributed by atoms with Crippen molar-refractivity contribution in [2.75, 3.05) is 0 Å². The standard InChI is InChI=1S/C7H6O5S/c8-4-5-3-6(9)1-2-7(5)13(10,11)12/h1-4,9H,(H,10,11,12). The van der Waals surface area contributed by atoms with Crippen LogP contribution in [0.2, 0.25) is 0 Å². The van der Waals surface area contributed by atoms with Crippen LogP contribution in [0.15, 0.2) is 23.1 Å². The van der Waals surface area contributed by atoms with E-state index in [0.29, 0.717) is 0 Å². The molecule has 2 N–H and O–H groups in total. The Bertz CT molecular complexity index is 434. The lowest BCUT2D eigenvalue weighted by atomic mass is 10.2. The second-order valence-corrected chi connectivity index (χ2v) is 3.71. The molecule has 0 amide bonds. The normalized spacial score (nSPS) is 11.2. The Morgan fingerprint density at radius 3 is 2.38 bits per heavy atom. The van der Waals surface area contributed by atoms with E-state index in [4.69, 9.17) is 9.66 Å². The number of carbonyl (C=O) groups excluding carboxylic acids is 1. The minimum absolute atomic E-state index is 0.239. The molecular formula is C7H6O5S. The molecule has 0 aliphatic carbocycles. The van der Waals surface area contributed by atoms with Crippen LogP contribution in [0.25, 0.3) is 0 Å². The highest BCUT2D eigenvalue weighted by atomic mass is 32.2. The Labute approximate surface area is 74.4 Å². The van der Waals surface area contributed by atoms with Crippen LogP contribution in [0.3, 0.4) is 0 Å². The summed E-state index contributed by atoms with van der Waals surface area (Å²) in [5.74, 6) is -0.241. The van der Waals surface area contributed by atoms with Crippen molar-refractivity contribution in [3.05, 3.63) is 23.8 Å². The largest absolute Gasteiger partial charge is 0.508 e. The summed E-state index contributed by atoms with van der Waals surface area (Å²) in [6.45, 7) is 0. The summed E-state index contributed by atoms with van der Waals surface area (Å²) in [5.41, 5.74) is -0.275. The Morgan fingerprint density at radius 1 is 1.31 bits per heavy atom. The van der Waals surface area contributed by atoms with E-state index in [1.165, 1.54) is 0 Å². The lowest BCUT2D eigenvalue weighted by Crippen LogP contribution is -2.02. The monoisotopic (exact) mass is 202 g/mol. The number of hydrogen-bond acceptors (Lipinski definition) is 4. The van der Waals surface area contributed by atoms with Crippen molar-refractivity contribution in [1.82, 2.24) is 0 Å². The van der Waals surface area contributed by atoms with Crippen LogP contribution >= 0.6 is 0 Å². The summed E-state index contributed by atoms with van der Waals surface area (Å²) in [7, 11) is -4.40. The third-order valence-corrected chi connectivity index (χ3v) is 2.33. The van der Waals surface area contributed by atoms with Gasteiger partial charge >= 0.3 is 0 Å². The van der Waals surface area contributed by atoms with Gasteiger partial charge in [-0.2, -0.15) is 8.42 Å². The second kappa shape index (κ2) is 3.15. The van der Waals surface area contributed by atoms with Crippen molar-refractivity contribution < 1.29 is 22.9 Å². The molecule has 0 aliphatic heterocycles. The molecule has 1 rings (SSSR count). The van der Waals surface area contributed by atoms with Gasteiger partial charge in [-0.15, -0.1) is 0 Å². The maximum absolute atomic E-state index is 10.6. The van der Waals surface area contributed by atoms with Crippen molar-refractivity contribution >= 4 is 16.4 Å². The average Bonchev–Trinajstić information content (AvgIpc) is 2.01. The third-order valence-electron chi connectivity index (χ3n) is 1.40. The molecule has 70 valence electrons. The zero-order valence-corrected chi connectivity index (χ0v) is 7.15. The van der Waals surface area contributed by atoms with Gasteiger partial charge in [0.1, 0.15) is 10.6 Å². The molecule has 5 nitrogen and oxygen atoms in total. The van der Waals surface area contributed by atoms with Gasteiger partial charge in [0.2, 0.25) is 0 Å². The highest BCUT2D eigenvalue weighted by Gasteiger charge is 2.14. The summed E-state index contributed by atoms with van der Waals surface area (Å²) in [6, 6.07) is 2.97. The molecule has 0 radical (unpaired) electrons. The molecule has 1 aromatic rings. The molecule has 0 atom stereocenters. The van der Waals surface area contributed by atoms with Crippen LogP contribution < -0.4 is 0 Å². The molecule has 0 saturated heterocycles. The molecule has 0 aromatic heterocycles. The lowest BCUT2D eigenvalue weighted by molar-refractivity contribution is 0.111. The van der Waals surface area contributed by atoms with Crippen molar-refractivity contribution in [3.63, 3.8) is 0 Å². The van der Waals surface area contributed by atoms with Gasteiger partial charge in [-0.3, -0.25) is 9.35 Å². The summed E-state index contributed by atoms with van der Waals surface area (Å²) in [4.78, 5) is 9.83. The second-order valence-electron chi connectivity index (χ2n) is 2.32. The molecule has 6 heteroatoms. The molecule has 0 spiro atoms. The first kappa shape index (κ1) is 9.69. The van der Waals surface area contributed by atoms with Gasteiger partial charge in [-0.1, -0.05) is 0 Å². The van der Waals surface area contributed by atoms with Gasteiger partial charge in [0.05, 0.1) is 0 Å². The van der Waals surface area contributed by atoms with E-state index in [1.807, 2.05) is 0 Å². The molecule has 0 unspecified atom stereocenters. The predicted molar refractivity (Wildman–Crippen MR) is 43.3 cm³/mol. The number of aldehydes is 1. The van der Waals surface area contributed by atoms with Gasteiger partial charge in [0, 0.05) is 5.56 Å². The molecule has 0 bridgehead atoms. The van der Waals surface area contributed by atoms with Crippen molar-refractivity contribution in [2.24, 2.45) is 0 Å². The molecule has 0 fully saturated rings. The van der Waals surface area contributed by atoms with Gasteiger partial charge < -0.3 is 5.11 Å². The number of rotatable bonds is 2. The van der Waals surface area contributed by atoms with Crippen molar-refractivity contribution in [2.45, 2.75) is 4.90 Å². The fraction of sp³-hybridized carbons (Fsp3) is 0. The first-order valence-electron chi connectivity index (χ1n) is 3.21. The summed E-state index contributed by atoms with van der Waals surface area (Å²) in [5, 5.41) is 8.90. The van der Waals surface area contributed by atoms with Gasteiger partial charge in [-0.25, -0.2) is 0 Å². The number of carbonyl (C=O) groups is 1. The molecule has 13 heavy (non-hydrogen) atoms. The number of phenolic OH excluding ortho intramolecular Hbond substituents is 1. The number of hydrogen-bond donors (Lipinski definition) is 2. The Hall–Kier alpha value is -1.40. The predicted octanol–water partition coefficient (Wildman–Crippen LogP) is 0.451. The number of aromatic hydroxyl groups is 1. The Morgan fingerprint density at radius 2 is 1.92 bits per heavy atom. The summed E-state index contributed by atoms with van der Waals surface area (Å²) >= 11 is 0. The number of benzene rings is 1. The lowest BCUT2D eigenvalue weighted by Gasteiger charge is -2.00. The first-order chi connectivity index (χ1) is 5.95. The van der Waals surface area contributed by atoms with Crippen LogP contribution in [0.4, 0.5) is 0 Å². The van der Waals surface area contributed by atoms with E-state index in [0.717, 1.165) is 18.2 Å². The molecule has 0 saturated carbocycles. The highest BCUT2D eigenvalue weighted by Crippen LogP contribution is 2.18. The van der Waals surface area contributed by atoms with Gasteiger partial charge in [0.15, 0.2) is 6.29 Å². The molecule has 0 heterocycles. The minimum Gasteiger partial charge on any atom is -0.508 e. The topological polar surface area (TPSA) is 91.7 Å². The van der Waals surface area contributed by atoms with Crippen LogP contribution in [0, 0.1) is 0 Å². The van der Waals surface area contributed by atoms with E-state index in [1.54, 1.807) is 0 Å².